The van der Waals surface area contributed by atoms with Crippen LogP contribution in [0.4, 0.5) is 4.79 Å². The van der Waals surface area contributed by atoms with Gasteiger partial charge in [0.15, 0.2) is 12.2 Å². The highest BCUT2D eigenvalue weighted by Gasteiger charge is 2.37. The van der Waals surface area contributed by atoms with Crippen LogP contribution >= 0.6 is 0 Å². The Balaban J connectivity index is 0. The topological polar surface area (TPSA) is 225 Å². The number of aliphatic carboxylic acids is 2. The van der Waals surface area contributed by atoms with E-state index in [1.165, 1.54) is 0 Å². The second-order valence-electron chi connectivity index (χ2n) is 2.95. The van der Waals surface area contributed by atoms with Gasteiger partial charge in [-0.1, -0.05) is 0 Å². The number of aliphatic hydroxyl groups is 4. The molecule has 106 valence electrons. The fraction of sp³-hybridized carbons (Fsp3) is 0.571. The predicted molar refractivity (Wildman–Crippen MR) is 53.1 cm³/mol. The zero-order chi connectivity index (χ0) is 15.0. The lowest BCUT2D eigenvalue weighted by molar-refractivity contribution is -0.172. The number of carbonyl (C=O) groups is 3. The van der Waals surface area contributed by atoms with Gasteiger partial charge in [-0.2, -0.15) is 0 Å². The van der Waals surface area contributed by atoms with Crippen molar-refractivity contribution in [2.24, 2.45) is 11.5 Å². The van der Waals surface area contributed by atoms with Gasteiger partial charge in [0.05, 0.1) is 0 Å². The molecule has 0 radical (unpaired) electrons. The Morgan fingerprint density at radius 1 is 0.722 bits per heavy atom. The number of amides is 2. The fourth-order valence-corrected chi connectivity index (χ4v) is 0.666. The molecular weight excluding hydrogens is 256 g/mol. The average molecular weight is 270 g/mol. The molecular formula is C7H14N2O9. The van der Waals surface area contributed by atoms with Gasteiger partial charge in [0.25, 0.3) is 0 Å². The maximum absolute atomic E-state index is 10.1. The number of carboxylic acid groups (broad SMARTS) is 2. The van der Waals surface area contributed by atoms with Crippen LogP contribution in [-0.2, 0) is 9.59 Å². The molecule has 0 aliphatic carbocycles. The third kappa shape index (κ3) is 7.34. The van der Waals surface area contributed by atoms with E-state index < -0.39 is 42.4 Å². The van der Waals surface area contributed by atoms with E-state index in [9.17, 15) is 9.59 Å². The van der Waals surface area contributed by atoms with Gasteiger partial charge in [0, 0.05) is 0 Å². The summed E-state index contributed by atoms with van der Waals surface area (Å²) in [7, 11) is 0. The summed E-state index contributed by atoms with van der Waals surface area (Å²) in [4.78, 5) is 29.2. The average Bonchev–Trinajstić information content (AvgIpc) is 2.23. The molecule has 0 saturated carbocycles. The van der Waals surface area contributed by atoms with Crippen molar-refractivity contribution < 1.29 is 45.0 Å². The summed E-state index contributed by atoms with van der Waals surface area (Å²) in [5, 5.41) is 51.5. The predicted octanol–water partition coefficient (Wildman–Crippen LogP) is -4.38. The molecule has 11 nitrogen and oxygen atoms in total. The number of carboxylic acids is 2. The lowest BCUT2D eigenvalue weighted by atomic mass is 10.0. The van der Waals surface area contributed by atoms with Crippen LogP contribution in [0.5, 0.6) is 0 Å². The molecule has 0 spiro atoms. The minimum atomic E-state index is -2.36. The monoisotopic (exact) mass is 270 g/mol. The standard InChI is InChI=1S/C6H10O8.CH4N2O/c7-1(3(9)5(11)12)2(8)4(10)6(13)14;2-1(3)4/h1-4,7-10H,(H,11,12)(H,13,14);(H4,2,3,4). The minimum Gasteiger partial charge on any atom is -0.479 e. The van der Waals surface area contributed by atoms with Gasteiger partial charge in [0.1, 0.15) is 12.2 Å². The Labute approximate surface area is 99.9 Å². The first-order chi connectivity index (χ1) is 8.02. The van der Waals surface area contributed by atoms with E-state index in [0.717, 1.165) is 0 Å². The van der Waals surface area contributed by atoms with Crippen LogP contribution in [0.1, 0.15) is 0 Å². The van der Waals surface area contributed by atoms with Crippen molar-refractivity contribution in [2.75, 3.05) is 0 Å². The summed E-state index contributed by atoms with van der Waals surface area (Å²) in [5.74, 6) is -3.68. The van der Waals surface area contributed by atoms with E-state index >= 15 is 0 Å². The number of nitrogens with two attached hydrogens (primary N) is 2. The third-order valence-electron chi connectivity index (χ3n) is 1.50. The van der Waals surface area contributed by atoms with Gasteiger partial charge in [0.2, 0.25) is 0 Å². The van der Waals surface area contributed by atoms with Crippen molar-refractivity contribution >= 4 is 18.0 Å². The Bertz CT molecular complexity index is 279. The summed E-state index contributed by atoms with van der Waals surface area (Å²) in [6.07, 6.45) is -9.28. The highest BCUT2D eigenvalue weighted by molar-refractivity contribution is 5.75. The second-order valence-corrected chi connectivity index (χ2v) is 2.95. The zero-order valence-corrected chi connectivity index (χ0v) is 8.87. The molecule has 0 rings (SSSR count). The number of hydrogen-bond donors (Lipinski definition) is 8. The summed E-state index contributed by atoms with van der Waals surface area (Å²) in [6.45, 7) is 0. The van der Waals surface area contributed by atoms with E-state index in [-0.39, 0.29) is 0 Å². The van der Waals surface area contributed by atoms with Gasteiger partial charge < -0.3 is 42.1 Å². The van der Waals surface area contributed by atoms with Crippen LogP contribution in [0.3, 0.4) is 0 Å². The van der Waals surface area contributed by atoms with Gasteiger partial charge in [-0.15, -0.1) is 0 Å². The lowest BCUT2D eigenvalue weighted by Crippen LogP contribution is -2.49. The zero-order valence-electron chi connectivity index (χ0n) is 8.87. The van der Waals surface area contributed by atoms with Crippen molar-refractivity contribution in [2.45, 2.75) is 24.4 Å². The van der Waals surface area contributed by atoms with Crippen molar-refractivity contribution in [3.63, 3.8) is 0 Å². The van der Waals surface area contributed by atoms with Crippen LogP contribution in [0.2, 0.25) is 0 Å². The molecule has 4 atom stereocenters. The lowest BCUT2D eigenvalue weighted by Gasteiger charge is -2.21. The molecule has 0 aliphatic heterocycles. The third-order valence-corrected chi connectivity index (χ3v) is 1.50. The first kappa shape index (κ1) is 18.4. The number of primary amides is 2. The van der Waals surface area contributed by atoms with Crippen LogP contribution in [0.25, 0.3) is 0 Å². The number of rotatable bonds is 5. The molecule has 10 N–H and O–H groups in total. The number of hydrogen-bond acceptors (Lipinski definition) is 7. The molecule has 0 aromatic carbocycles. The SMILES string of the molecule is NC(N)=O.O=C(O)C(O)C(O)C(O)C(O)C(=O)O. The molecule has 0 aromatic heterocycles. The highest BCUT2D eigenvalue weighted by atomic mass is 16.4. The Hall–Kier alpha value is -1.95. The van der Waals surface area contributed by atoms with E-state index in [1.54, 1.807) is 0 Å². The first-order valence-electron chi connectivity index (χ1n) is 4.25. The maximum Gasteiger partial charge on any atom is 0.335 e. The Kier molecular flexibility index (Phi) is 8.38. The van der Waals surface area contributed by atoms with Gasteiger partial charge >= 0.3 is 18.0 Å². The second kappa shape index (κ2) is 8.19. The minimum absolute atomic E-state index is 0.833. The van der Waals surface area contributed by atoms with E-state index in [0.29, 0.717) is 0 Å². The molecule has 0 aliphatic rings. The molecule has 4 unspecified atom stereocenters. The number of aliphatic hydroxyl groups excluding tert-OH is 4. The molecule has 11 heteroatoms. The maximum atomic E-state index is 10.1. The van der Waals surface area contributed by atoms with Crippen LogP contribution in [0.15, 0.2) is 0 Å². The van der Waals surface area contributed by atoms with Crippen LogP contribution in [-0.4, -0.2) is 73.0 Å². The van der Waals surface area contributed by atoms with Crippen molar-refractivity contribution in [3.8, 4) is 0 Å². The molecule has 0 heterocycles. The Morgan fingerprint density at radius 2 is 0.889 bits per heavy atom. The molecule has 18 heavy (non-hydrogen) atoms. The molecule has 0 fully saturated rings. The quantitative estimate of drug-likeness (QED) is 0.241. The first-order valence-corrected chi connectivity index (χ1v) is 4.25. The largest absolute Gasteiger partial charge is 0.479 e. The van der Waals surface area contributed by atoms with Crippen molar-refractivity contribution in [3.05, 3.63) is 0 Å². The summed E-state index contributed by atoms with van der Waals surface area (Å²) >= 11 is 0. The van der Waals surface area contributed by atoms with Crippen molar-refractivity contribution in [1.29, 1.82) is 0 Å². The number of urea groups is 1. The Morgan fingerprint density at radius 3 is 1.00 bits per heavy atom. The van der Waals surface area contributed by atoms with Gasteiger partial charge in [-0.25, -0.2) is 14.4 Å². The van der Waals surface area contributed by atoms with Gasteiger partial charge in [-0.3, -0.25) is 0 Å². The highest BCUT2D eigenvalue weighted by Crippen LogP contribution is 2.05. The van der Waals surface area contributed by atoms with Gasteiger partial charge in [-0.05, 0) is 0 Å². The molecule has 0 aromatic rings. The summed E-state index contributed by atoms with van der Waals surface area (Å²) in [5.41, 5.74) is 8.50. The molecule has 0 bridgehead atoms. The van der Waals surface area contributed by atoms with Crippen LogP contribution < -0.4 is 11.5 Å². The summed E-state index contributed by atoms with van der Waals surface area (Å²) < 4.78 is 0. The molecule has 0 saturated heterocycles. The molecule has 2 amide bonds. The smallest absolute Gasteiger partial charge is 0.335 e. The summed E-state index contributed by atoms with van der Waals surface area (Å²) in [6, 6.07) is -0.833. The number of carbonyl (C=O) groups excluding carboxylic acids is 1. The normalized spacial score (nSPS) is 16.4. The fourth-order valence-electron chi connectivity index (χ4n) is 0.666. The van der Waals surface area contributed by atoms with Crippen LogP contribution in [0, 0.1) is 0 Å². The van der Waals surface area contributed by atoms with E-state index in [2.05, 4.69) is 11.5 Å². The van der Waals surface area contributed by atoms with Crippen molar-refractivity contribution in [1.82, 2.24) is 0 Å². The van der Waals surface area contributed by atoms with E-state index in [4.69, 9.17) is 35.4 Å². The van der Waals surface area contributed by atoms with E-state index in [1.807, 2.05) is 0 Å².